The Morgan fingerprint density at radius 2 is 2.18 bits per heavy atom. The van der Waals surface area contributed by atoms with Crippen molar-refractivity contribution in [1.82, 2.24) is 19.7 Å². The number of pyridine rings is 1. The van der Waals surface area contributed by atoms with Crippen LogP contribution >= 0.6 is 0 Å². The third kappa shape index (κ3) is 2.22. The molecule has 0 radical (unpaired) electrons. The van der Waals surface area contributed by atoms with Gasteiger partial charge in [0.2, 0.25) is 5.88 Å². The Morgan fingerprint density at radius 3 is 2.88 bits per heavy atom. The van der Waals surface area contributed by atoms with Gasteiger partial charge in [0.15, 0.2) is 5.82 Å². The first-order chi connectivity index (χ1) is 8.24. The third-order valence-corrected chi connectivity index (χ3v) is 2.01. The summed E-state index contributed by atoms with van der Waals surface area (Å²) in [5, 5.41) is 3.94. The number of methoxy groups -OCH3 is 2. The van der Waals surface area contributed by atoms with Gasteiger partial charge in [-0.15, -0.1) is 5.10 Å². The minimum Gasteiger partial charge on any atom is -0.481 e. The molecule has 7 heteroatoms. The van der Waals surface area contributed by atoms with E-state index in [1.807, 2.05) is 0 Å². The molecule has 0 bridgehead atoms. The summed E-state index contributed by atoms with van der Waals surface area (Å²) in [6, 6.07) is 5.20. The second-order valence-electron chi connectivity index (χ2n) is 3.04. The van der Waals surface area contributed by atoms with Crippen LogP contribution in [-0.4, -0.2) is 39.9 Å². The lowest BCUT2D eigenvalue weighted by molar-refractivity contribution is 0.0587. The number of esters is 1. The molecule has 0 aliphatic rings. The minimum atomic E-state index is -0.591. The van der Waals surface area contributed by atoms with Gasteiger partial charge in [-0.3, -0.25) is 0 Å². The highest BCUT2D eigenvalue weighted by Gasteiger charge is 2.12. The Kier molecular flexibility index (Phi) is 2.99. The molecule has 17 heavy (non-hydrogen) atoms. The van der Waals surface area contributed by atoms with Crippen LogP contribution in [0.4, 0.5) is 0 Å². The molecular formula is C10H10N4O3. The van der Waals surface area contributed by atoms with Gasteiger partial charge in [0.05, 0.1) is 14.2 Å². The number of hydrogen-bond donors (Lipinski definition) is 0. The van der Waals surface area contributed by atoms with Crippen molar-refractivity contribution >= 4 is 5.97 Å². The monoisotopic (exact) mass is 234 g/mol. The average Bonchev–Trinajstić information content (AvgIpc) is 2.87. The van der Waals surface area contributed by atoms with E-state index in [-0.39, 0.29) is 5.82 Å². The molecule has 0 atom stereocenters. The molecule has 0 aromatic carbocycles. The van der Waals surface area contributed by atoms with E-state index in [1.54, 1.807) is 18.2 Å². The lowest BCUT2D eigenvalue weighted by Gasteiger charge is -2.01. The summed E-state index contributed by atoms with van der Waals surface area (Å²) in [5.41, 5.74) is 0. The van der Waals surface area contributed by atoms with Crippen molar-refractivity contribution in [3.05, 3.63) is 30.4 Å². The summed E-state index contributed by atoms with van der Waals surface area (Å²) in [6.07, 6.45) is 1.38. The number of nitrogens with zero attached hydrogens (tertiary/aromatic N) is 4. The fourth-order valence-corrected chi connectivity index (χ4v) is 1.20. The maximum absolute atomic E-state index is 11.2. The highest BCUT2D eigenvalue weighted by Crippen LogP contribution is 2.09. The molecule has 0 amide bonds. The van der Waals surface area contributed by atoms with Crippen molar-refractivity contribution < 1.29 is 14.3 Å². The molecule has 2 rings (SSSR count). The van der Waals surface area contributed by atoms with Crippen LogP contribution in [0.15, 0.2) is 24.5 Å². The van der Waals surface area contributed by atoms with Crippen molar-refractivity contribution in [1.29, 1.82) is 0 Å². The van der Waals surface area contributed by atoms with Crippen LogP contribution in [0.5, 0.6) is 5.88 Å². The van der Waals surface area contributed by atoms with E-state index >= 15 is 0 Å². The second kappa shape index (κ2) is 4.60. The lowest BCUT2D eigenvalue weighted by atomic mass is 10.4. The van der Waals surface area contributed by atoms with Gasteiger partial charge in [-0.1, -0.05) is 6.07 Å². The minimum absolute atomic E-state index is 0.0166. The van der Waals surface area contributed by atoms with Crippen molar-refractivity contribution in [3.8, 4) is 11.7 Å². The first-order valence-electron chi connectivity index (χ1n) is 4.76. The van der Waals surface area contributed by atoms with Gasteiger partial charge in [-0.25, -0.2) is 14.5 Å². The molecule has 0 aliphatic carbocycles. The maximum Gasteiger partial charge on any atom is 0.377 e. The standard InChI is InChI=1S/C10H10N4O3/c1-16-8-5-3-4-7(12-8)14-6-11-9(13-14)10(15)17-2/h3-6H,1-2H3. The van der Waals surface area contributed by atoms with E-state index in [9.17, 15) is 4.79 Å². The summed E-state index contributed by atoms with van der Waals surface area (Å²) in [4.78, 5) is 19.1. The van der Waals surface area contributed by atoms with Crippen LogP contribution in [0, 0.1) is 0 Å². The van der Waals surface area contributed by atoms with Gasteiger partial charge in [-0.2, -0.15) is 4.98 Å². The van der Waals surface area contributed by atoms with Crippen molar-refractivity contribution in [2.24, 2.45) is 0 Å². The molecule has 0 fully saturated rings. The first kappa shape index (κ1) is 11.1. The molecule has 7 nitrogen and oxygen atoms in total. The summed E-state index contributed by atoms with van der Waals surface area (Å²) in [5.74, 6) is 0.355. The quantitative estimate of drug-likeness (QED) is 0.718. The number of ether oxygens (including phenoxy) is 2. The van der Waals surface area contributed by atoms with E-state index in [1.165, 1.54) is 25.2 Å². The molecule has 0 N–H and O–H groups in total. The van der Waals surface area contributed by atoms with Gasteiger partial charge < -0.3 is 9.47 Å². The van der Waals surface area contributed by atoms with E-state index in [4.69, 9.17) is 4.74 Å². The summed E-state index contributed by atoms with van der Waals surface area (Å²) in [6.45, 7) is 0. The fraction of sp³-hybridized carbons (Fsp3) is 0.200. The molecule has 2 aromatic heterocycles. The molecule has 0 aliphatic heterocycles. The van der Waals surface area contributed by atoms with Crippen LogP contribution in [0.3, 0.4) is 0 Å². The predicted octanol–water partition coefficient (Wildman–Crippen LogP) is 0.458. The Hall–Kier alpha value is -2.44. The largest absolute Gasteiger partial charge is 0.481 e. The van der Waals surface area contributed by atoms with Crippen LogP contribution < -0.4 is 4.74 Å². The zero-order chi connectivity index (χ0) is 12.3. The topological polar surface area (TPSA) is 79.1 Å². The van der Waals surface area contributed by atoms with Gasteiger partial charge in [-0.05, 0) is 6.07 Å². The molecular weight excluding hydrogens is 224 g/mol. The van der Waals surface area contributed by atoms with Gasteiger partial charge >= 0.3 is 5.97 Å². The van der Waals surface area contributed by atoms with E-state index in [2.05, 4.69) is 19.8 Å². The number of rotatable bonds is 3. The number of carbonyl (C=O) groups excluding carboxylic acids is 1. The van der Waals surface area contributed by atoms with Crippen molar-refractivity contribution in [2.45, 2.75) is 0 Å². The van der Waals surface area contributed by atoms with Crippen LogP contribution in [0.25, 0.3) is 5.82 Å². The molecule has 0 spiro atoms. The normalized spacial score (nSPS) is 10.0. The highest BCUT2D eigenvalue weighted by atomic mass is 16.5. The fourth-order valence-electron chi connectivity index (χ4n) is 1.20. The predicted molar refractivity (Wildman–Crippen MR) is 57.0 cm³/mol. The Balaban J connectivity index is 2.33. The van der Waals surface area contributed by atoms with E-state index < -0.39 is 5.97 Å². The number of aromatic nitrogens is 4. The smallest absolute Gasteiger partial charge is 0.377 e. The maximum atomic E-state index is 11.2. The summed E-state index contributed by atoms with van der Waals surface area (Å²) in [7, 11) is 2.79. The lowest BCUT2D eigenvalue weighted by Crippen LogP contribution is -2.06. The Labute approximate surface area is 97.0 Å². The second-order valence-corrected chi connectivity index (χ2v) is 3.04. The molecule has 0 unspecified atom stereocenters. The number of hydrogen-bond acceptors (Lipinski definition) is 6. The van der Waals surface area contributed by atoms with Crippen LogP contribution in [0.1, 0.15) is 10.6 Å². The van der Waals surface area contributed by atoms with E-state index in [0.717, 1.165) is 0 Å². The molecule has 2 heterocycles. The third-order valence-electron chi connectivity index (χ3n) is 2.01. The summed E-state index contributed by atoms with van der Waals surface area (Å²) < 4.78 is 10.9. The molecule has 2 aromatic rings. The zero-order valence-electron chi connectivity index (χ0n) is 9.32. The van der Waals surface area contributed by atoms with Gasteiger partial charge in [0, 0.05) is 6.07 Å². The SMILES string of the molecule is COC(=O)c1ncn(-c2cccc(OC)n2)n1. The number of carbonyl (C=O) groups is 1. The summed E-state index contributed by atoms with van der Waals surface area (Å²) >= 11 is 0. The Bertz CT molecular complexity index is 538. The van der Waals surface area contributed by atoms with Gasteiger partial charge in [0.25, 0.3) is 5.82 Å². The first-order valence-corrected chi connectivity index (χ1v) is 4.76. The molecule has 0 saturated carbocycles. The zero-order valence-corrected chi connectivity index (χ0v) is 9.32. The molecule has 0 saturated heterocycles. The van der Waals surface area contributed by atoms with E-state index in [0.29, 0.717) is 11.7 Å². The van der Waals surface area contributed by atoms with Gasteiger partial charge in [0.1, 0.15) is 6.33 Å². The van der Waals surface area contributed by atoms with Crippen molar-refractivity contribution in [2.75, 3.05) is 14.2 Å². The van der Waals surface area contributed by atoms with Crippen LogP contribution in [0.2, 0.25) is 0 Å². The Morgan fingerprint density at radius 1 is 1.35 bits per heavy atom. The average molecular weight is 234 g/mol. The van der Waals surface area contributed by atoms with Crippen LogP contribution in [-0.2, 0) is 4.74 Å². The molecule has 88 valence electrons. The van der Waals surface area contributed by atoms with Crippen molar-refractivity contribution in [3.63, 3.8) is 0 Å². The highest BCUT2D eigenvalue weighted by molar-refractivity contribution is 5.84.